The third-order valence-electron chi connectivity index (χ3n) is 5.95. The van der Waals surface area contributed by atoms with Crippen LogP contribution in [0.1, 0.15) is 29.9 Å². The first kappa shape index (κ1) is 18.0. The summed E-state index contributed by atoms with van der Waals surface area (Å²) in [5.74, 6) is 4.10. The summed E-state index contributed by atoms with van der Waals surface area (Å²) in [5, 5.41) is 10.1. The van der Waals surface area contributed by atoms with E-state index in [-0.39, 0.29) is 12.5 Å². The SMILES string of the molecule is COc1ccc([C@H]2CC[C@H](Cc3ccc4c(c3)OCO4)[C@@H]2CO)cc1OC. The maximum absolute atomic E-state index is 10.1. The van der Waals surface area contributed by atoms with Gasteiger partial charge in [-0.1, -0.05) is 12.1 Å². The highest BCUT2D eigenvalue weighted by Crippen LogP contribution is 2.46. The minimum absolute atomic E-state index is 0.189. The smallest absolute Gasteiger partial charge is 0.231 e. The molecule has 2 aromatic carbocycles. The molecule has 0 saturated heterocycles. The van der Waals surface area contributed by atoms with Gasteiger partial charge in [0.1, 0.15) is 0 Å². The van der Waals surface area contributed by atoms with Crippen LogP contribution in [0, 0.1) is 11.8 Å². The van der Waals surface area contributed by atoms with E-state index in [1.54, 1.807) is 14.2 Å². The Bertz CT molecular complexity index is 803. The Balaban J connectivity index is 1.52. The van der Waals surface area contributed by atoms with Gasteiger partial charge in [0.15, 0.2) is 23.0 Å². The molecular formula is C22H26O5. The predicted molar refractivity (Wildman–Crippen MR) is 102 cm³/mol. The summed E-state index contributed by atoms with van der Waals surface area (Å²) < 4.78 is 21.7. The summed E-state index contributed by atoms with van der Waals surface area (Å²) in [6.45, 7) is 0.483. The van der Waals surface area contributed by atoms with Crippen LogP contribution in [-0.4, -0.2) is 32.7 Å². The van der Waals surface area contributed by atoms with Gasteiger partial charge < -0.3 is 24.1 Å². The molecular weight excluding hydrogens is 344 g/mol. The molecule has 5 heteroatoms. The van der Waals surface area contributed by atoms with Crippen molar-refractivity contribution in [3.63, 3.8) is 0 Å². The molecule has 1 saturated carbocycles. The minimum atomic E-state index is 0.189. The molecule has 5 nitrogen and oxygen atoms in total. The molecule has 0 bridgehead atoms. The quantitative estimate of drug-likeness (QED) is 0.839. The summed E-state index contributed by atoms with van der Waals surface area (Å²) >= 11 is 0. The van der Waals surface area contributed by atoms with Gasteiger partial charge in [-0.3, -0.25) is 0 Å². The molecule has 1 aliphatic carbocycles. The van der Waals surface area contributed by atoms with Gasteiger partial charge in [-0.25, -0.2) is 0 Å². The van der Waals surface area contributed by atoms with E-state index in [4.69, 9.17) is 18.9 Å². The van der Waals surface area contributed by atoms with Crippen LogP contribution in [0.2, 0.25) is 0 Å². The molecule has 4 rings (SSSR count). The van der Waals surface area contributed by atoms with E-state index in [0.29, 0.717) is 18.6 Å². The first-order valence-corrected chi connectivity index (χ1v) is 9.44. The Kier molecular flexibility index (Phi) is 5.12. The second kappa shape index (κ2) is 7.69. The normalized spacial score (nSPS) is 23.4. The van der Waals surface area contributed by atoms with Crippen molar-refractivity contribution in [3.05, 3.63) is 47.5 Å². The number of fused-ring (bicyclic) bond motifs is 1. The van der Waals surface area contributed by atoms with Crippen LogP contribution in [0.5, 0.6) is 23.0 Å². The summed E-state index contributed by atoms with van der Waals surface area (Å²) in [7, 11) is 3.30. The third-order valence-corrected chi connectivity index (χ3v) is 5.95. The van der Waals surface area contributed by atoms with Crippen LogP contribution in [0.25, 0.3) is 0 Å². The second-order valence-corrected chi connectivity index (χ2v) is 7.30. The van der Waals surface area contributed by atoms with Crippen molar-refractivity contribution < 1.29 is 24.1 Å². The van der Waals surface area contributed by atoms with Crippen LogP contribution >= 0.6 is 0 Å². The number of aliphatic hydroxyl groups is 1. The number of benzene rings is 2. The van der Waals surface area contributed by atoms with Crippen molar-refractivity contribution in [1.29, 1.82) is 0 Å². The monoisotopic (exact) mass is 370 g/mol. The average molecular weight is 370 g/mol. The Morgan fingerprint density at radius 2 is 1.78 bits per heavy atom. The zero-order valence-electron chi connectivity index (χ0n) is 15.8. The lowest BCUT2D eigenvalue weighted by atomic mass is 9.83. The second-order valence-electron chi connectivity index (χ2n) is 7.30. The molecule has 0 spiro atoms. The van der Waals surface area contributed by atoms with Crippen LogP contribution in [-0.2, 0) is 6.42 Å². The van der Waals surface area contributed by atoms with Gasteiger partial charge in [-0.15, -0.1) is 0 Å². The number of hydrogen-bond donors (Lipinski definition) is 1. The molecule has 1 fully saturated rings. The molecule has 3 atom stereocenters. The van der Waals surface area contributed by atoms with Crippen molar-refractivity contribution in [3.8, 4) is 23.0 Å². The van der Waals surface area contributed by atoms with E-state index in [1.165, 1.54) is 11.1 Å². The zero-order valence-corrected chi connectivity index (χ0v) is 15.8. The standard InChI is InChI=1S/C22H26O5/c1-24-19-8-5-16(11-21(19)25-2)17-6-4-15(18(17)12-23)9-14-3-7-20-22(10-14)27-13-26-20/h3,5,7-8,10-11,15,17-18,23H,4,6,9,12-13H2,1-2H3/t15-,17-,18+/m1/s1. The number of rotatable bonds is 6. The molecule has 0 aromatic heterocycles. The van der Waals surface area contributed by atoms with E-state index in [2.05, 4.69) is 24.3 Å². The average Bonchev–Trinajstić information content (AvgIpc) is 3.33. The molecule has 0 amide bonds. The summed E-state index contributed by atoms with van der Waals surface area (Å²) in [6, 6.07) is 12.2. The van der Waals surface area contributed by atoms with Crippen molar-refractivity contribution in [2.75, 3.05) is 27.6 Å². The van der Waals surface area contributed by atoms with Gasteiger partial charge in [-0.05, 0) is 72.4 Å². The van der Waals surface area contributed by atoms with Crippen LogP contribution < -0.4 is 18.9 Å². The highest BCUT2D eigenvalue weighted by molar-refractivity contribution is 5.45. The number of aliphatic hydroxyl groups excluding tert-OH is 1. The van der Waals surface area contributed by atoms with Crippen LogP contribution in [0.3, 0.4) is 0 Å². The lowest BCUT2D eigenvalue weighted by Gasteiger charge is -2.24. The fourth-order valence-corrected chi connectivity index (χ4v) is 4.55. The van der Waals surface area contributed by atoms with Gasteiger partial charge in [0.05, 0.1) is 14.2 Å². The van der Waals surface area contributed by atoms with E-state index in [0.717, 1.165) is 42.3 Å². The molecule has 1 heterocycles. The molecule has 0 radical (unpaired) electrons. The first-order chi connectivity index (χ1) is 13.2. The molecule has 2 aliphatic rings. The van der Waals surface area contributed by atoms with E-state index >= 15 is 0 Å². The van der Waals surface area contributed by atoms with Crippen molar-refractivity contribution in [2.45, 2.75) is 25.2 Å². The number of ether oxygens (including phenoxy) is 4. The molecule has 0 unspecified atom stereocenters. The Hall–Kier alpha value is -2.40. The fourth-order valence-electron chi connectivity index (χ4n) is 4.55. The van der Waals surface area contributed by atoms with Gasteiger partial charge in [0, 0.05) is 6.61 Å². The van der Waals surface area contributed by atoms with Crippen molar-refractivity contribution in [1.82, 2.24) is 0 Å². The van der Waals surface area contributed by atoms with Gasteiger partial charge in [-0.2, -0.15) is 0 Å². The lowest BCUT2D eigenvalue weighted by Crippen LogP contribution is -2.20. The number of methoxy groups -OCH3 is 2. The Morgan fingerprint density at radius 3 is 2.56 bits per heavy atom. The Labute approximate surface area is 159 Å². The summed E-state index contributed by atoms with van der Waals surface area (Å²) in [6.07, 6.45) is 3.10. The molecule has 2 aromatic rings. The lowest BCUT2D eigenvalue weighted by molar-refractivity contribution is 0.174. The Morgan fingerprint density at radius 1 is 0.963 bits per heavy atom. The van der Waals surface area contributed by atoms with Gasteiger partial charge in [0.2, 0.25) is 6.79 Å². The van der Waals surface area contributed by atoms with Crippen molar-refractivity contribution in [2.24, 2.45) is 11.8 Å². The zero-order chi connectivity index (χ0) is 18.8. The maximum atomic E-state index is 10.1. The number of hydrogen-bond acceptors (Lipinski definition) is 5. The summed E-state index contributed by atoms with van der Waals surface area (Å²) in [5.41, 5.74) is 2.44. The van der Waals surface area contributed by atoms with E-state index < -0.39 is 0 Å². The van der Waals surface area contributed by atoms with Crippen molar-refractivity contribution >= 4 is 0 Å². The highest BCUT2D eigenvalue weighted by atomic mass is 16.7. The third kappa shape index (κ3) is 3.44. The minimum Gasteiger partial charge on any atom is -0.493 e. The molecule has 1 N–H and O–H groups in total. The van der Waals surface area contributed by atoms with E-state index in [9.17, 15) is 5.11 Å². The molecule has 27 heavy (non-hydrogen) atoms. The largest absolute Gasteiger partial charge is 0.493 e. The van der Waals surface area contributed by atoms with Crippen LogP contribution in [0.4, 0.5) is 0 Å². The highest BCUT2D eigenvalue weighted by Gasteiger charge is 2.37. The predicted octanol–water partition coefficient (Wildman–Crippen LogP) is 3.78. The molecule has 1 aliphatic heterocycles. The van der Waals surface area contributed by atoms with Gasteiger partial charge in [0.25, 0.3) is 0 Å². The van der Waals surface area contributed by atoms with Gasteiger partial charge >= 0.3 is 0 Å². The maximum Gasteiger partial charge on any atom is 0.231 e. The first-order valence-electron chi connectivity index (χ1n) is 9.44. The van der Waals surface area contributed by atoms with Crippen LogP contribution in [0.15, 0.2) is 36.4 Å². The molecule has 144 valence electrons. The topological polar surface area (TPSA) is 57.2 Å². The summed E-state index contributed by atoms with van der Waals surface area (Å²) in [4.78, 5) is 0. The fraction of sp³-hybridized carbons (Fsp3) is 0.455. The van der Waals surface area contributed by atoms with E-state index in [1.807, 2.05) is 12.1 Å².